The van der Waals surface area contributed by atoms with Crippen LogP contribution in [-0.2, 0) is 25.5 Å². The van der Waals surface area contributed by atoms with Crippen LogP contribution in [0.25, 0.3) is 11.0 Å². The molecule has 6 N–H and O–H groups in total. The van der Waals surface area contributed by atoms with Gasteiger partial charge in [0, 0.05) is 17.5 Å². The Hall–Kier alpha value is -3.72. The first-order chi connectivity index (χ1) is 16.1. The van der Waals surface area contributed by atoms with Gasteiger partial charge >= 0.3 is 17.7 Å². The second kappa shape index (κ2) is 10.5. The van der Waals surface area contributed by atoms with Crippen molar-refractivity contribution in [3.63, 3.8) is 0 Å². The molecule has 0 bridgehead atoms. The first-order valence-corrected chi connectivity index (χ1v) is 9.85. The van der Waals surface area contributed by atoms with Crippen molar-refractivity contribution in [1.82, 2.24) is 10.6 Å². The van der Waals surface area contributed by atoms with Gasteiger partial charge in [-0.05, 0) is 17.7 Å². The van der Waals surface area contributed by atoms with Gasteiger partial charge in [-0.15, -0.1) is 0 Å². The summed E-state index contributed by atoms with van der Waals surface area (Å²) >= 11 is 0. The number of ether oxygens (including phenoxy) is 3. The van der Waals surface area contributed by atoms with E-state index in [1.54, 1.807) is 0 Å². The number of benzene rings is 1. The summed E-state index contributed by atoms with van der Waals surface area (Å²) in [6, 6.07) is 5.21. The van der Waals surface area contributed by atoms with Gasteiger partial charge in [-0.3, -0.25) is 4.79 Å². The number of nitrogens with one attached hydrogen (secondary N) is 2. The van der Waals surface area contributed by atoms with Crippen LogP contribution in [0.5, 0.6) is 5.75 Å². The lowest BCUT2D eigenvalue weighted by Crippen LogP contribution is -2.61. The molecule has 2 amide bonds. The highest BCUT2D eigenvalue weighted by Crippen LogP contribution is 2.28. The number of aliphatic carboxylic acids is 1. The highest BCUT2D eigenvalue weighted by atomic mass is 16.7. The molecule has 0 spiro atoms. The van der Waals surface area contributed by atoms with E-state index in [1.165, 1.54) is 25.3 Å². The van der Waals surface area contributed by atoms with Crippen molar-refractivity contribution < 1.29 is 53.4 Å². The Labute approximate surface area is 190 Å². The Morgan fingerprint density at radius 3 is 2.47 bits per heavy atom. The predicted octanol–water partition coefficient (Wildman–Crippen LogP) is -1.96. The minimum atomic E-state index is -1.88. The van der Waals surface area contributed by atoms with Crippen LogP contribution in [0.15, 0.2) is 33.5 Å². The Kier molecular flexibility index (Phi) is 7.68. The lowest BCUT2D eigenvalue weighted by molar-refractivity contribution is -0.271. The van der Waals surface area contributed by atoms with Gasteiger partial charge in [0.2, 0.25) is 12.2 Å². The fourth-order valence-electron chi connectivity index (χ4n) is 3.24. The van der Waals surface area contributed by atoms with Crippen LogP contribution < -0.4 is 21.0 Å². The quantitative estimate of drug-likeness (QED) is 0.187. The molecular formula is C20H22N2O12. The number of alkyl carbamates (subject to hydrolysis) is 1. The predicted molar refractivity (Wildman–Crippen MR) is 110 cm³/mol. The maximum Gasteiger partial charge on any atom is 0.408 e. The van der Waals surface area contributed by atoms with E-state index in [2.05, 4.69) is 15.4 Å². The Balaban J connectivity index is 1.77. The highest BCUT2D eigenvalue weighted by molar-refractivity contribution is 5.87. The molecule has 3 rings (SSSR count). The van der Waals surface area contributed by atoms with Crippen LogP contribution >= 0.6 is 0 Å². The maximum absolute atomic E-state index is 12.1. The molecule has 1 fully saturated rings. The molecule has 2 heterocycles. The average molecular weight is 482 g/mol. The molecule has 1 aromatic heterocycles. The minimum Gasteiger partial charge on any atom is -0.479 e. The monoisotopic (exact) mass is 482 g/mol. The summed E-state index contributed by atoms with van der Waals surface area (Å²) in [4.78, 5) is 46.4. The lowest BCUT2D eigenvalue weighted by Gasteiger charge is -2.38. The van der Waals surface area contributed by atoms with Gasteiger partial charge in [-0.1, -0.05) is 0 Å². The summed E-state index contributed by atoms with van der Waals surface area (Å²) < 4.78 is 20.0. The Bertz CT molecular complexity index is 1130. The first-order valence-electron chi connectivity index (χ1n) is 9.85. The number of hydrogen-bond donors (Lipinski definition) is 6. The summed E-state index contributed by atoms with van der Waals surface area (Å²) in [5.41, 5.74) is -0.438. The largest absolute Gasteiger partial charge is 0.479 e. The third-order valence-electron chi connectivity index (χ3n) is 4.92. The zero-order valence-electron chi connectivity index (χ0n) is 17.7. The van der Waals surface area contributed by atoms with Crippen molar-refractivity contribution in [3.8, 4) is 5.75 Å². The van der Waals surface area contributed by atoms with Gasteiger partial charge in [0.05, 0.1) is 20.2 Å². The Morgan fingerprint density at radius 1 is 1.06 bits per heavy atom. The van der Waals surface area contributed by atoms with E-state index in [0.29, 0.717) is 10.9 Å². The molecule has 34 heavy (non-hydrogen) atoms. The van der Waals surface area contributed by atoms with E-state index in [4.69, 9.17) is 19.0 Å². The molecule has 2 aromatic rings. The zero-order chi connectivity index (χ0) is 25.0. The van der Waals surface area contributed by atoms with E-state index >= 15 is 0 Å². The van der Waals surface area contributed by atoms with E-state index in [1.807, 2.05) is 0 Å². The molecule has 14 heteroatoms. The fraction of sp³-hybridized carbons (Fsp3) is 0.400. The van der Waals surface area contributed by atoms with Crippen LogP contribution in [0, 0.1) is 0 Å². The molecule has 1 saturated heterocycles. The fourth-order valence-corrected chi connectivity index (χ4v) is 3.24. The van der Waals surface area contributed by atoms with Crippen LogP contribution in [-0.4, -0.2) is 82.9 Å². The van der Waals surface area contributed by atoms with Gasteiger partial charge in [0.25, 0.3) is 0 Å². The summed E-state index contributed by atoms with van der Waals surface area (Å²) in [5, 5.41) is 43.9. The van der Waals surface area contributed by atoms with Crippen molar-refractivity contribution in [2.45, 2.75) is 37.1 Å². The van der Waals surface area contributed by atoms with Crippen molar-refractivity contribution in [2.24, 2.45) is 0 Å². The third-order valence-corrected chi connectivity index (χ3v) is 4.92. The Morgan fingerprint density at radius 2 is 1.79 bits per heavy atom. The second-order valence-electron chi connectivity index (χ2n) is 7.22. The van der Waals surface area contributed by atoms with E-state index in [9.17, 15) is 34.5 Å². The average Bonchev–Trinajstić information content (AvgIpc) is 2.78. The number of carbonyl (C=O) groups excluding carboxylic acids is 2. The molecule has 1 aromatic carbocycles. The van der Waals surface area contributed by atoms with Crippen molar-refractivity contribution in [3.05, 3.63) is 40.2 Å². The molecule has 1 aliphatic rings. The summed E-state index contributed by atoms with van der Waals surface area (Å²) in [6.45, 7) is -0.190. The molecule has 1 aliphatic heterocycles. The van der Waals surface area contributed by atoms with Crippen LogP contribution in [0.3, 0.4) is 0 Å². The van der Waals surface area contributed by atoms with Crippen molar-refractivity contribution >= 4 is 28.9 Å². The highest BCUT2D eigenvalue weighted by Gasteiger charge is 2.48. The molecular weight excluding hydrogens is 460 g/mol. The second-order valence-corrected chi connectivity index (χ2v) is 7.22. The molecule has 0 saturated carbocycles. The zero-order valence-corrected chi connectivity index (χ0v) is 17.7. The smallest absolute Gasteiger partial charge is 0.408 e. The summed E-state index contributed by atoms with van der Waals surface area (Å²) in [5.74, 6) is -2.09. The normalized spacial score (nSPS) is 24.3. The summed E-state index contributed by atoms with van der Waals surface area (Å²) in [7, 11) is 1.17. The van der Waals surface area contributed by atoms with Crippen molar-refractivity contribution in [2.75, 3.05) is 13.8 Å². The SMILES string of the molecule is COC(=O)NCNC(=O)Cc1cc(=O)oc2cc(OC3OC(C(=O)O)[C@H](O)[C@@H](O)C3O)ccc12. The molecule has 0 aliphatic carbocycles. The number of carboxylic acids is 1. The number of carboxylic acid groups (broad SMARTS) is 1. The van der Waals surface area contributed by atoms with E-state index in [-0.39, 0.29) is 24.4 Å². The van der Waals surface area contributed by atoms with Crippen LogP contribution in [0.1, 0.15) is 5.56 Å². The van der Waals surface area contributed by atoms with E-state index < -0.39 is 54.3 Å². The number of rotatable bonds is 7. The minimum absolute atomic E-state index is 0.0150. The van der Waals surface area contributed by atoms with Crippen LogP contribution in [0.4, 0.5) is 4.79 Å². The number of aliphatic hydroxyl groups is 3. The van der Waals surface area contributed by atoms with Gasteiger partial charge < -0.3 is 49.7 Å². The molecule has 184 valence electrons. The molecule has 5 atom stereocenters. The third kappa shape index (κ3) is 5.60. The van der Waals surface area contributed by atoms with Gasteiger partial charge in [-0.2, -0.15) is 0 Å². The van der Waals surface area contributed by atoms with Gasteiger partial charge in [0.1, 0.15) is 29.6 Å². The van der Waals surface area contributed by atoms with Crippen LogP contribution in [0.2, 0.25) is 0 Å². The maximum atomic E-state index is 12.1. The number of aliphatic hydroxyl groups excluding tert-OH is 3. The van der Waals surface area contributed by atoms with Crippen molar-refractivity contribution in [1.29, 1.82) is 0 Å². The van der Waals surface area contributed by atoms with Gasteiger partial charge in [-0.25, -0.2) is 14.4 Å². The number of amides is 2. The number of methoxy groups -OCH3 is 1. The van der Waals surface area contributed by atoms with Gasteiger partial charge in [0.15, 0.2) is 6.10 Å². The molecule has 14 nitrogen and oxygen atoms in total. The number of hydrogen-bond acceptors (Lipinski definition) is 11. The first kappa shape index (κ1) is 24.9. The number of carbonyl (C=O) groups is 3. The summed E-state index contributed by atoms with van der Waals surface area (Å²) in [6.07, 6.45) is -9.96. The van der Waals surface area contributed by atoms with E-state index in [0.717, 1.165) is 6.07 Å². The topological polar surface area (TPSA) is 214 Å². The lowest BCUT2D eigenvalue weighted by atomic mass is 9.99. The molecule has 3 unspecified atom stereocenters. The number of fused-ring (bicyclic) bond motifs is 1. The molecule has 0 radical (unpaired) electrons. The standard InChI is InChI=1S/C20H22N2O12/c1-31-20(30)22-7-21-12(23)4-8-5-13(24)33-11-6-9(2-3-10(8)11)32-19-16(27)14(25)15(26)17(34-19)18(28)29/h2-3,5-6,14-17,19,25-27H,4,7H2,1H3,(H,21,23)(H,22,30)(H,28,29)/t14-,15-,16?,17?,19?/m1/s1.